The highest BCUT2D eigenvalue weighted by Crippen LogP contribution is 2.50. The number of nitrogens with one attached hydrogen (secondary N) is 1. The van der Waals surface area contributed by atoms with Crippen LogP contribution in [0.15, 0.2) is 24.3 Å². The lowest BCUT2D eigenvalue weighted by Crippen LogP contribution is -2.36. The predicted molar refractivity (Wildman–Crippen MR) is 130 cm³/mol. The normalized spacial score (nSPS) is 17.8. The Hall–Kier alpha value is -2.92. The fraction of sp³-hybridized carbons (Fsp3) is 0.407. The lowest BCUT2D eigenvalue weighted by Gasteiger charge is -2.33. The molecular formula is C27H33NO4. The third kappa shape index (κ3) is 3.45. The Balaban J connectivity index is 2.20. The molecule has 5 heteroatoms. The maximum absolute atomic E-state index is 5.96. The zero-order valence-corrected chi connectivity index (χ0v) is 20.3. The first-order chi connectivity index (χ1) is 15.3. The van der Waals surface area contributed by atoms with Gasteiger partial charge in [-0.05, 0) is 73.9 Å². The van der Waals surface area contributed by atoms with E-state index in [1.807, 2.05) is 6.07 Å². The average Bonchev–Trinajstić information content (AvgIpc) is 2.77. The van der Waals surface area contributed by atoms with E-state index in [9.17, 15) is 0 Å². The minimum atomic E-state index is 0.175. The van der Waals surface area contributed by atoms with Crippen LogP contribution >= 0.6 is 0 Å². The van der Waals surface area contributed by atoms with Gasteiger partial charge in [0.05, 0.1) is 33.8 Å². The summed E-state index contributed by atoms with van der Waals surface area (Å²) in [5, 5.41) is 5.74. The molecule has 3 aromatic carbocycles. The minimum absolute atomic E-state index is 0.175. The molecule has 0 aromatic heterocycles. The van der Waals surface area contributed by atoms with Crippen LogP contribution < -0.4 is 24.3 Å². The van der Waals surface area contributed by atoms with E-state index in [-0.39, 0.29) is 6.04 Å². The number of hydrogen-bond donors (Lipinski definition) is 1. The van der Waals surface area contributed by atoms with Gasteiger partial charge in [0, 0.05) is 29.3 Å². The molecule has 32 heavy (non-hydrogen) atoms. The second-order valence-electron chi connectivity index (χ2n) is 8.70. The molecule has 1 aliphatic rings. The van der Waals surface area contributed by atoms with Crippen LogP contribution in [0.4, 0.5) is 0 Å². The molecule has 2 atom stereocenters. The summed E-state index contributed by atoms with van der Waals surface area (Å²) in [5.41, 5.74) is 7.01. The predicted octanol–water partition coefficient (Wildman–Crippen LogP) is 5.75. The maximum atomic E-state index is 5.96. The van der Waals surface area contributed by atoms with Crippen LogP contribution in [0.5, 0.6) is 23.0 Å². The Labute approximate surface area is 190 Å². The molecule has 4 rings (SSSR count). The fourth-order valence-electron chi connectivity index (χ4n) is 5.28. The molecule has 0 fully saturated rings. The van der Waals surface area contributed by atoms with E-state index in [1.54, 1.807) is 28.4 Å². The molecule has 3 aromatic rings. The van der Waals surface area contributed by atoms with E-state index in [1.165, 1.54) is 11.1 Å². The summed E-state index contributed by atoms with van der Waals surface area (Å²) >= 11 is 0. The fourth-order valence-corrected chi connectivity index (χ4v) is 5.28. The average molecular weight is 436 g/mol. The van der Waals surface area contributed by atoms with Crippen molar-refractivity contribution in [1.29, 1.82) is 0 Å². The largest absolute Gasteiger partial charge is 0.496 e. The van der Waals surface area contributed by atoms with Crippen LogP contribution in [0.3, 0.4) is 0 Å². The zero-order valence-electron chi connectivity index (χ0n) is 20.3. The summed E-state index contributed by atoms with van der Waals surface area (Å²) in [6.45, 7) is 8.65. The van der Waals surface area contributed by atoms with Crippen molar-refractivity contribution < 1.29 is 18.9 Å². The van der Waals surface area contributed by atoms with Gasteiger partial charge >= 0.3 is 0 Å². The topological polar surface area (TPSA) is 49.0 Å². The third-order valence-corrected chi connectivity index (χ3v) is 6.51. The van der Waals surface area contributed by atoms with Crippen LogP contribution in [0, 0.1) is 13.8 Å². The molecule has 1 heterocycles. The zero-order chi connectivity index (χ0) is 23.2. The highest BCUT2D eigenvalue weighted by Gasteiger charge is 2.31. The van der Waals surface area contributed by atoms with Crippen molar-refractivity contribution in [2.24, 2.45) is 0 Å². The van der Waals surface area contributed by atoms with E-state index in [0.717, 1.165) is 62.4 Å². The molecule has 1 aliphatic heterocycles. The van der Waals surface area contributed by atoms with Gasteiger partial charge in [-0.1, -0.05) is 6.07 Å². The first-order valence-electron chi connectivity index (χ1n) is 11.0. The van der Waals surface area contributed by atoms with E-state index in [0.29, 0.717) is 6.04 Å². The summed E-state index contributed by atoms with van der Waals surface area (Å²) in [4.78, 5) is 0. The van der Waals surface area contributed by atoms with Crippen LogP contribution in [-0.2, 0) is 6.42 Å². The van der Waals surface area contributed by atoms with Crippen molar-refractivity contribution in [2.45, 2.75) is 46.2 Å². The van der Waals surface area contributed by atoms with E-state index >= 15 is 0 Å². The molecule has 5 nitrogen and oxygen atoms in total. The summed E-state index contributed by atoms with van der Waals surface area (Å²) in [7, 11) is 6.86. The summed E-state index contributed by atoms with van der Waals surface area (Å²) < 4.78 is 23.3. The quantitative estimate of drug-likeness (QED) is 0.553. The molecule has 2 unspecified atom stereocenters. The van der Waals surface area contributed by atoms with Gasteiger partial charge in [0.2, 0.25) is 0 Å². The van der Waals surface area contributed by atoms with Gasteiger partial charge in [-0.3, -0.25) is 0 Å². The van der Waals surface area contributed by atoms with Crippen LogP contribution in [0.1, 0.15) is 42.1 Å². The number of hydrogen-bond acceptors (Lipinski definition) is 5. The number of ether oxygens (including phenoxy) is 4. The van der Waals surface area contributed by atoms with Crippen molar-refractivity contribution in [3.05, 3.63) is 46.5 Å². The lowest BCUT2D eigenvalue weighted by molar-refractivity contribution is 0.371. The van der Waals surface area contributed by atoms with Gasteiger partial charge in [0.1, 0.15) is 23.0 Å². The Kier molecular flexibility index (Phi) is 5.95. The number of methoxy groups -OCH3 is 4. The monoisotopic (exact) mass is 435 g/mol. The second-order valence-corrected chi connectivity index (χ2v) is 8.70. The van der Waals surface area contributed by atoms with Crippen molar-refractivity contribution >= 4 is 10.8 Å². The molecule has 0 saturated carbocycles. The highest BCUT2D eigenvalue weighted by atomic mass is 16.5. The van der Waals surface area contributed by atoms with E-state index < -0.39 is 0 Å². The Bertz CT molecular complexity index is 1170. The molecule has 0 radical (unpaired) electrons. The van der Waals surface area contributed by atoms with E-state index in [4.69, 9.17) is 18.9 Å². The summed E-state index contributed by atoms with van der Waals surface area (Å²) in [5.74, 6) is 3.29. The molecule has 0 spiro atoms. The lowest BCUT2D eigenvalue weighted by atomic mass is 9.81. The number of rotatable bonds is 5. The van der Waals surface area contributed by atoms with Gasteiger partial charge < -0.3 is 24.3 Å². The molecule has 0 amide bonds. The SMILES string of the molecule is COc1cc(OC)c2c(c1-c1c(C)cc(OC)c3c(OC)cc(C)cc13)CC(C)NC2C. The minimum Gasteiger partial charge on any atom is -0.496 e. The van der Waals surface area contributed by atoms with Crippen molar-refractivity contribution in [3.63, 3.8) is 0 Å². The maximum Gasteiger partial charge on any atom is 0.130 e. The second kappa shape index (κ2) is 8.55. The van der Waals surface area contributed by atoms with Gasteiger partial charge in [-0.2, -0.15) is 0 Å². The summed E-state index contributed by atoms with van der Waals surface area (Å²) in [6.07, 6.45) is 0.887. The molecule has 0 bridgehead atoms. The van der Waals surface area contributed by atoms with Gasteiger partial charge in [-0.15, -0.1) is 0 Å². The smallest absolute Gasteiger partial charge is 0.130 e. The molecule has 170 valence electrons. The molecular weight excluding hydrogens is 402 g/mol. The van der Waals surface area contributed by atoms with Crippen molar-refractivity contribution in [1.82, 2.24) is 5.32 Å². The molecule has 0 saturated heterocycles. The van der Waals surface area contributed by atoms with Crippen LogP contribution in [-0.4, -0.2) is 34.5 Å². The van der Waals surface area contributed by atoms with Crippen molar-refractivity contribution in [2.75, 3.05) is 28.4 Å². The Morgan fingerprint density at radius 2 is 1.38 bits per heavy atom. The first kappa shape index (κ1) is 22.3. The first-order valence-corrected chi connectivity index (χ1v) is 11.0. The van der Waals surface area contributed by atoms with Gasteiger partial charge in [-0.25, -0.2) is 0 Å². The van der Waals surface area contributed by atoms with E-state index in [2.05, 4.69) is 51.2 Å². The number of benzene rings is 3. The summed E-state index contributed by atoms with van der Waals surface area (Å²) in [6, 6.07) is 8.90. The van der Waals surface area contributed by atoms with Crippen LogP contribution in [0.25, 0.3) is 21.9 Å². The van der Waals surface area contributed by atoms with Gasteiger partial charge in [0.25, 0.3) is 0 Å². The standard InChI is InChI=1S/C27H33NO4/c1-14-9-18-24(15(2)11-21(30-6)26(18)20(10-14)29-5)27-19-12-16(3)28-17(4)25(19)22(31-7)13-23(27)32-8/h9-11,13,16-17,28H,12H2,1-8H3. The number of fused-ring (bicyclic) bond motifs is 2. The highest BCUT2D eigenvalue weighted by molar-refractivity contribution is 6.07. The van der Waals surface area contributed by atoms with Crippen molar-refractivity contribution in [3.8, 4) is 34.1 Å². The Morgan fingerprint density at radius 3 is 2.00 bits per heavy atom. The Morgan fingerprint density at radius 1 is 0.750 bits per heavy atom. The molecule has 0 aliphatic carbocycles. The number of aryl methyl sites for hydroxylation is 2. The third-order valence-electron chi connectivity index (χ3n) is 6.51. The molecule has 1 N–H and O–H groups in total. The van der Waals surface area contributed by atoms with Crippen LogP contribution in [0.2, 0.25) is 0 Å². The van der Waals surface area contributed by atoms with Gasteiger partial charge in [0.15, 0.2) is 0 Å².